The molecule has 22 heavy (non-hydrogen) atoms. The lowest BCUT2D eigenvalue weighted by Gasteiger charge is -2.08. The van der Waals surface area contributed by atoms with E-state index in [4.69, 9.17) is 11.6 Å². The monoisotopic (exact) mass is 336 g/mol. The highest BCUT2D eigenvalue weighted by molar-refractivity contribution is 8.00. The minimum Gasteiger partial charge on any atom is -0.355 e. The first-order chi connectivity index (χ1) is 10.6. The van der Waals surface area contributed by atoms with Gasteiger partial charge in [0.1, 0.15) is 0 Å². The number of thioether (sulfide) groups is 1. The van der Waals surface area contributed by atoms with Crippen LogP contribution in [0.2, 0.25) is 5.02 Å². The molecule has 0 atom stereocenters. The Hall–Kier alpha value is -1.72. The van der Waals surface area contributed by atoms with E-state index in [1.165, 1.54) is 11.8 Å². The molecule has 0 saturated heterocycles. The third-order valence-electron chi connectivity index (χ3n) is 2.99. The van der Waals surface area contributed by atoms with Gasteiger partial charge in [-0.25, -0.2) is 0 Å². The molecule has 0 heterocycles. The lowest BCUT2D eigenvalue weighted by molar-refractivity contribution is -0.124. The van der Waals surface area contributed by atoms with Gasteiger partial charge in [0.25, 0.3) is 0 Å². The van der Waals surface area contributed by atoms with Gasteiger partial charge in [-0.1, -0.05) is 35.9 Å². The van der Waals surface area contributed by atoms with E-state index < -0.39 is 0 Å². The number of likely N-dealkylation sites (N-methyl/N-ethyl adjacent to an activating group) is 1. The quantitative estimate of drug-likeness (QED) is 0.797. The first-order valence-electron chi connectivity index (χ1n) is 6.95. The van der Waals surface area contributed by atoms with Gasteiger partial charge in [0.2, 0.25) is 11.8 Å². The van der Waals surface area contributed by atoms with Crippen molar-refractivity contribution < 1.29 is 9.59 Å². The number of rotatable bonds is 6. The maximum absolute atomic E-state index is 11.8. The van der Waals surface area contributed by atoms with Gasteiger partial charge in [-0.3, -0.25) is 9.59 Å². The third kappa shape index (κ3) is 4.39. The van der Waals surface area contributed by atoms with Crippen LogP contribution in [0, 0.1) is 0 Å². The molecule has 2 aromatic rings. The SMILES string of the molecule is CCNC(=O)CNC(=O)CSc1cccc2cccc(Cl)c12. The molecule has 0 saturated carbocycles. The molecule has 4 nitrogen and oxygen atoms in total. The topological polar surface area (TPSA) is 58.2 Å². The fraction of sp³-hybridized carbons (Fsp3) is 0.250. The van der Waals surface area contributed by atoms with Crippen molar-refractivity contribution in [2.75, 3.05) is 18.8 Å². The summed E-state index contributed by atoms with van der Waals surface area (Å²) in [5, 5.41) is 7.89. The molecule has 2 amide bonds. The summed E-state index contributed by atoms with van der Waals surface area (Å²) >= 11 is 7.66. The fourth-order valence-electron chi connectivity index (χ4n) is 2.02. The van der Waals surface area contributed by atoms with Crippen LogP contribution in [-0.2, 0) is 9.59 Å². The normalized spacial score (nSPS) is 10.5. The maximum Gasteiger partial charge on any atom is 0.239 e. The van der Waals surface area contributed by atoms with Crippen LogP contribution in [0.25, 0.3) is 10.8 Å². The van der Waals surface area contributed by atoms with Crippen LogP contribution in [0.4, 0.5) is 0 Å². The lowest BCUT2D eigenvalue weighted by Crippen LogP contribution is -2.37. The Morgan fingerprint density at radius 1 is 1.09 bits per heavy atom. The fourth-order valence-corrected chi connectivity index (χ4v) is 3.29. The highest BCUT2D eigenvalue weighted by Crippen LogP contribution is 2.32. The Balaban J connectivity index is 1.97. The second kappa shape index (κ2) is 8.06. The van der Waals surface area contributed by atoms with Crippen LogP contribution in [0.15, 0.2) is 41.3 Å². The number of amides is 2. The summed E-state index contributed by atoms with van der Waals surface area (Å²) in [6.45, 7) is 2.39. The number of carbonyl (C=O) groups is 2. The Labute approximate surface area is 138 Å². The van der Waals surface area contributed by atoms with E-state index in [2.05, 4.69) is 10.6 Å². The first-order valence-corrected chi connectivity index (χ1v) is 8.31. The van der Waals surface area contributed by atoms with Crippen molar-refractivity contribution in [2.45, 2.75) is 11.8 Å². The standard InChI is InChI=1S/C16H17ClN2O2S/c1-2-18-14(20)9-19-15(21)10-22-13-8-4-6-11-5-3-7-12(17)16(11)13/h3-8H,2,9-10H2,1H3,(H,18,20)(H,19,21). The van der Waals surface area contributed by atoms with Crippen LogP contribution in [-0.4, -0.2) is 30.7 Å². The molecule has 2 aromatic carbocycles. The summed E-state index contributed by atoms with van der Waals surface area (Å²) in [4.78, 5) is 24.0. The van der Waals surface area contributed by atoms with Gasteiger partial charge in [-0.15, -0.1) is 11.8 Å². The molecule has 0 spiro atoms. The molecule has 6 heteroatoms. The van der Waals surface area contributed by atoms with Gasteiger partial charge in [0, 0.05) is 21.8 Å². The van der Waals surface area contributed by atoms with Crippen LogP contribution in [0.3, 0.4) is 0 Å². The second-order valence-corrected chi connectivity index (χ2v) is 6.04. The van der Waals surface area contributed by atoms with Crippen LogP contribution in [0.5, 0.6) is 0 Å². The lowest BCUT2D eigenvalue weighted by atomic mass is 10.1. The van der Waals surface area contributed by atoms with Crippen molar-refractivity contribution in [2.24, 2.45) is 0 Å². The molecular formula is C16H17ClN2O2S. The van der Waals surface area contributed by atoms with Gasteiger partial charge < -0.3 is 10.6 Å². The average molecular weight is 337 g/mol. The van der Waals surface area contributed by atoms with E-state index in [1.54, 1.807) is 0 Å². The first kappa shape index (κ1) is 16.6. The zero-order valence-corrected chi connectivity index (χ0v) is 13.8. The molecule has 0 aliphatic carbocycles. The zero-order chi connectivity index (χ0) is 15.9. The summed E-state index contributed by atoms with van der Waals surface area (Å²) in [6, 6.07) is 11.6. The van der Waals surface area contributed by atoms with Gasteiger partial charge in [-0.2, -0.15) is 0 Å². The number of benzene rings is 2. The van der Waals surface area contributed by atoms with E-state index >= 15 is 0 Å². The predicted molar refractivity (Wildman–Crippen MR) is 91.4 cm³/mol. The molecule has 0 unspecified atom stereocenters. The average Bonchev–Trinajstić information content (AvgIpc) is 2.51. The van der Waals surface area contributed by atoms with Crippen LogP contribution in [0.1, 0.15) is 6.92 Å². The number of carbonyl (C=O) groups excluding carboxylic acids is 2. The molecule has 116 valence electrons. The molecule has 2 rings (SSSR count). The highest BCUT2D eigenvalue weighted by atomic mass is 35.5. The van der Waals surface area contributed by atoms with E-state index in [9.17, 15) is 9.59 Å². The van der Waals surface area contributed by atoms with Gasteiger partial charge in [0.05, 0.1) is 12.3 Å². The highest BCUT2D eigenvalue weighted by Gasteiger charge is 2.09. The molecule has 0 aliphatic heterocycles. The Bertz CT molecular complexity index is 686. The second-order valence-electron chi connectivity index (χ2n) is 4.61. The van der Waals surface area contributed by atoms with Crippen molar-refractivity contribution in [1.82, 2.24) is 10.6 Å². The Morgan fingerprint density at radius 2 is 1.82 bits per heavy atom. The third-order valence-corrected chi connectivity index (χ3v) is 4.37. The van der Waals surface area contributed by atoms with E-state index in [0.717, 1.165) is 15.7 Å². The molecule has 0 radical (unpaired) electrons. The van der Waals surface area contributed by atoms with E-state index in [-0.39, 0.29) is 24.1 Å². The molecule has 0 bridgehead atoms. The molecule has 2 N–H and O–H groups in total. The number of nitrogens with one attached hydrogen (secondary N) is 2. The van der Waals surface area contributed by atoms with Gasteiger partial charge >= 0.3 is 0 Å². The van der Waals surface area contributed by atoms with Crippen molar-refractivity contribution in [1.29, 1.82) is 0 Å². The van der Waals surface area contributed by atoms with E-state index in [0.29, 0.717) is 11.6 Å². The molecule has 0 fully saturated rings. The number of hydrogen-bond acceptors (Lipinski definition) is 3. The van der Waals surface area contributed by atoms with Crippen molar-refractivity contribution in [3.05, 3.63) is 41.4 Å². The minimum atomic E-state index is -0.186. The summed E-state index contributed by atoms with van der Waals surface area (Å²) in [6.07, 6.45) is 0. The number of halogens is 1. The van der Waals surface area contributed by atoms with Crippen LogP contribution < -0.4 is 10.6 Å². The summed E-state index contributed by atoms with van der Waals surface area (Å²) < 4.78 is 0. The molecular weight excluding hydrogens is 320 g/mol. The number of fused-ring (bicyclic) bond motifs is 1. The van der Waals surface area contributed by atoms with Crippen molar-refractivity contribution >= 4 is 45.9 Å². The largest absolute Gasteiger partial charge is 0.355 e. The minimum absolute atomic E-state index is 0.00350. The maximum atomic E-state index is 11.8. The van der Waals surface area contributed by atoms with Gasteiger partial charge in [0.15, 0.2) is 0 Å². The number of hydrogen-bond donors (Lipinski definition) is 2. The Morgan fingerprint density at radius 3 is 2.55 bits per heavy atom. The van der Waals surface area contributed by atoms with Crippen molar-refractivity contribution in [3.63, 3.8) is 0 Å². The smallest absolute Gasteiger partial charge is 0.239 e. The van der Waals surface area contributed by atoms with E-state index in [1.807, 2.05) is 43.3 Å². The summed E-state index contributed by atoms with van der Waals surface area (Å²) in [5.41, 5.74) is 0. The van der Waals surface area contributed by atoms with Gasteiger partial charge in [-0.05, 0) is 24.4 Å². The molecule has 0 aromatic heterocycles. The van der Waals surface area contributed by atoms with Crippen LogP contribution >= 0.6 is 23.4 Å². The van der Waals surface area contributed by atoms with Crippen molar-refractivity contribution in [3.8, 4) is 0 Å². The summed E-state index contributed by atoms with van der Waals surface area (Å²) in [7, 11) is 0. The zero-order valence-electron chi connectivity index (χ0n) is 12.2. The summed E-state index contributed by atoms with van der Waals surface area (Å²) in [5.74, 6) is -0.127. The predicted octanol–water partition coefficient (Wildman–Crippen LogP) is 2.84. The molecule has 0 aliphatic rings. The Kier molecular flexibility index (Phi) is 6.10.